The second-order valence-electron chi connectivity index (χ2n) is 5.29. The zero-order valence-corrected chi connectivity index (χ0v) is 13.1. The highest BCUT2D eigenvalue weighted by molar-refractivity contribution is 7.89. The first kappa shape index (κ1) is 15.7. The van der Waals surface area contributed by atoms with Gasteiger partial charge in [0, 0.05) is 13.1 Å². The molecule has 1 aliphatic rings. The molecule has 0 saturated heterocycles. The lowest BCUT2D eigenvalue weighted by Gasteiger charge is -2.28. The first-order chi connectivity index (χ1) is 11.0. The minimum absolute atomic E-state index is 0.0751. The summed E-state index contributed by atoms with van der Waals surface area (Å²) in [6.07, 6.45) is 0.629. The van der Waals surface area contributed by atoms with Gasteiger partial charge >= 0.3 is 0 Å². The van der Waals surface area contributed by atoms with E-state index in [4.69, 9.17) is 5.21 Å². The Kier molecular flexibility index (Phi) is 4.16. The van der Waals surface area contributed by atoms with Gasteiger partial charge in [-0.1, -0.05) is 36.4 Å². The van der Waals surface area contributed by atoms with Gasteiger partial charge in [0.1, 0.15) is 0 Å². The quantitative estimate of drug-likeness (QED) is 0.659. The molecule has 0 aromatic heterocycles. The zero-order valence-electron chi connectivity index (χ0n) is 12.3. The Morgan fingerprint density at radius 2 is 1.70 bits per heavy atom. The number of hydrogen-bond acceptors (Lipinski definition) is 4. The average molecular weight is 332 g/mol. The van der Waals surface area contributed by atoms with Crippen LogP contribution in [0.3, 0.4) is 0 Å². The molecule has 6 nitrogen and oxygen atoms in total. The van der Waals surface area contributed by atoms with E-state index in [0.29, 0.717) is 13.0 Å². The number of nitrogens with zero attached hydrogens (tertiary/aromatic N) is 1. The maximum Gasteiger partial charge on any atom is 0.276 e. The summed E-state index contributed by atoms with van der Waals surface area (Å²) < 4.78 is 27.2. The van der Waals surface area contributed by atoms with Gasteiger partial charge in [0.05, 0.1) is 10.5 Å². The van der Waals surface area contributed by atoms with Gasteiger partial charge in [0.25, 0.3) is 5.91 Å². The number of amides is 1. The van der Waals surface area contributed by atoms with Crippen molar-refractivity contribution in [3.63, 3.8) is 0 Å². The number of carbonyl (C=O) groups is 1. The van der Waals surface area contributed by atoms with Crippen molar-refractivity contribution in [2.75, 3.05) is 6.54 Å². The Morgan fingerprint density at radius 3 is 2.43 bits per heavy atom. The summed E-state index contributed by atoms with van der Waals surface area (Å²) in [4.78, 5) is 11.6. The zero-order chi connectivity index (χ0) is 16.4. The first-order valence-corrected chi connectivity index (χ1v) is 8.58. The van der Waals surface area contributed by atoms with Crippen molar-refractivity contribution in [1.29, 1.82) is 0 Å². The molecule has 1 amide bonds. The standard InChI is InChI=1S/C16H16N2O4S/c19-16(17-20)14-7-3-4-8-15(14)23(21,22)18-10-9-12-5-1-2-6-13(12)11-18/h1-8,20H,9-11H2,(H,17,19). The number of benzene rings is 2. The van der Waals surface area contributed by atoms with Gasteiger partial charge in [-0.05, 0) is 29.7 Å². The second-order valence-corrected chi connectivity index (χ2v) is 7.20. The van der Waals surface area contributed by atoms with Gasteiger partial charge in [-0.15, -0.1) is 0 Å². The number of fused-ring (bicyclic) bond motifs is 1. The Morgan fingerprint density at radius 1 is 1.04 bits per heavy atom. The van der Waals surface area contributed by atoms with E-state index in [1.54, 1.807) is 12.1 Å². The fourth-order valence-corrected chi connectivity index (χ4v) is 4.36. The highest BCUT2D eigenvalue weighted by Crippen LogP contribution is 2.26. The van der Waals surface area contributed by atoms with Gasteiger partial charge in [-0.25, -0.2) is 13.9 Å². The van der Waals surface area contributed by atoms with Crippen LogP contribution < -0.4 is 5.48 Å². The summed E-state index contributed by atoms with van der Waals surface area (Å²) in [5, 5.41) is 8.81. The van der Waals surface area contributed by atoms with Crippen LogP contribution in [-0.2, 0) is 23.0 Å². The summed E-state index contributed by atoms with van der Waals surface area (Å²) in [7, 11) is -3.83. The van der Waals surface area contributed by atoms with E-state index in [2.05, 4.69) is 0 Å². The minimum Gasteiger partial charge on any atom is -0.288 e. The lowest BCUT2D eigenvalue weighted by atomic mass is 10.0. The number of hydrogen-bond donors (Lipinski definition) is 2. The van der Waals surface area contributed by atoms with Crippen LogP contribution >= 0.6 is 0 Å². The molecule has 0 atom stereocenters. The fourth-order valence-electron chi connectivity index (χ4n) is 2.75. The number of carbonyl (C=O) groups excluding carboxylic acids is 1. The van der Waals surface area contributed by atoms with Gasteiger partial charge in [0.2, 0.25) is 10.0 Å². The monoisotopic (exact) mass is 332 g/mol. The van der Waals surface area contributed by atoms with Crippen LogP contribution in [0, 0.1) is 0 Å². The maximum atomic E-state index is 12.9. The normalized spacial score (nSPS) is 15.0. The van der Waals surface area contributed by atoms with Crippen molar-refractivity contribution in [3.05, 3.63) is 65.2 Å². The predicted molar refractivity (Wildman–Crippen MR) is 83.4 cm³/mol. The Hall–Kier alpha value is -2.22. The maximum absolute atomic E-state index is 12.9. The molecular weight excluding hydrogens is 316 g/mol. The number of rotatable bonds is 3. The third kappa shape index (κ3) is 2.86. The molecule has 120 valence electrons. The first-order valence-electron chi connectivity index (χ1n) is 7.14. The molecule has 1 aliphatic heterocycles. The number of sulfonamides is 1. The number of hydroxylamine groups is 1. The molecule has 3 rings (SSSR count). The van der Waals surface area contributed by atoms with E-state index in [1.807, 2.05) is 24.3 Å². The Labute approximate surface area is 134 Å². The van der Waals surface area contributed by atoms with E-state index in [-0.39, 0.29) is 17.0 Å². The summed E-state index contributed by atoms with van der Waals surface area (Å²) in [6, 6.07) is 13.6. The van der Waals surface area contributed by atoms with E-state index in [0.717, 1.165) is 11.1 Å². The minimum atomic E-state index is -3.83. The summed E-state index contributed by atoms with van der Waals surface area (Å²) in [5.74, 6) is -0.846. The largest absolute Gasteiger partial charge is 0.288 e. The highest BCUT2D eigenvalue weighted by Gasteiger charge is 2.31. The molecule has 23 heavy (non-hydrogen) atoms. The third-order valence-corrected chi connectivity index (χ3v) is 5.85. The molecule has 0 bridgehead atoms. The molecule has 0 spiro atoms. The second kappa shape index (κ2) is 6.11. The van der Waals surface area contributed by atoms with E-state index in [1.165, 1.54) is 21.9 Å². The van der Waals surface area contributed by atoms with E-state index >= 15 is 0 Å². The van der Waals surface area contributed by atoms with Crippen LogP contribution in [0.1, 0.15) is 21.5 Å². The van der Waals surface area contributed by atoms with Crippen molar-refractivity contribution >= 4 is 15.9 Å². The molecule has 0 fully saturated rings. The van der Waals surface area contributed by atoms with Crippen LogP contribution in [0.25, 0.3) is 0 Å². The van der Waals surface area contributed by atoms with Crippen LogP contribution in [0.5, 0.6) is 0 Å². The molecular formula is C16H16N2O4S. The predicted octanol–water partition coefficient (Wildman–Crippen LogP) is 1.55. The van der Waals surface area contributed by atoms with Crippen LogP contribution in [0.4, 0.5) is 0 Å². The lowest BCUT2D eigenvalue weighted by molar-refractivity contribution is 0.0702. The van der Waals surface area contributed by atoms with Gasteiger partial charge in [0.15, 0.2) is 0 Å². The van der Waals surface area contributed by atoms with Crippen molar-refractivity contribution in [1.82, 2.24) is 9.79 Å². The molecule has 0 radical (unpaired) electrons. The Bertz CT molecular complexity index is 849. The van der Waals surface area contributed by atoms with Crippen LogP contribution in [0.2, 0.25) is 0 Å². The molecule has 2 aromatic carbocycles. The van der Waals surface area contributed by atoms with Gasteiger partial charge in [-0.2, -0.15) is 4.31 Å². The number of nitrogens with one attached hydrogen (secondary N) is 1. The molecule has 0 unspecified atom stereocenters. The Balaban J connectivity index is 1.99. The molecule has 2 aromatic rings. The highest BCUT2D eigenvalue weighted by atomic mass is 32.2. The van der Waals surface area contributed by atoms with Crippen LogP contribution in [0.15, 0.2) is 53.4 Å². The van der Waals surface area contributed by atoms with Crippen LogP contribution in [-0.4, -0.2) is 30.4 Å². The van der Waals surface area contributed by atoms with Gasteiger partial charge < -0.3 is 0 Å². The summed E-state index contributed by atoms with van der Waals surface area (Å²) >= 11 is 0. The topological polar surface area (TPSA) is 86.7 Å². The van der Waals surface area contributed by atoms with Crippen molar-refractivity contribution in [2.24, 2.45) is 0 Å². The average Bonchev–Trinajstić information content (AvgIpc) is 2.60. The van der Waals surface area contributed by atoms with Crippen molar-refractivity contribution in [3.8, 4) is 0 Å². The van der Waals surface area contributed by atoms with Gasteiger partial charge in [-0.3, -0.25) is 10.0 Å². The molecule has 1 heterocycles. The third-order valence-electron chi connectivity index (χ3n) is 3.95. The summed E-state index contributed by atoms with van der Waals surface area (Å²) in [5.41, 5.74) is 3.52. The van der Waals surface area contributed by atoms with Crippen molar-refractivity contribution in [2.45, 2.75) is 17.9 Å². The smallest absolute Gasteiger partial charge is 0.276 e. The molecule has 7 heteroatoms. The molecule has 2 N–H and O–H groups in total. The fraction of sp³-hybridized carbons (Fsp3) is 0.188. The SMILES string of the molecule is O=C(NO)c1ccccc1S(=O)(=O)N1CCc2ccccc2C1. The van der Waals surface area contributed by atoms with Crippen molar-refractivity contribution < 1.29 is 18.4 Å². The summed E-state index contributed by atoms with van der Waals surface area (Å²) in [6.45, 7) is 0.627. The van der Waals surface area contributed by atoms with E-state index < -0.39 is 15.9 Å². The molecule has 0 saturated carbocycles. The molecule has 0 aliphatic carbocycles. The van der Waals surface area contributed by atoms with E-state index in [9.17, 15) is 13.2 Å². The lowest BCUT2D eigenvalue weighted by Crippen LogP contribution is -2.37.